The average Bonchev–Trinajstić information content (AvgIpc) is 2.77. The number of hydrogen-bond acceptors (Lipinski definition) is 5. The fraction of sp³-hybridized carbons (Fsp3) is 0. The molecule has 0 N–H and O–H groups in total. The zero-order valence-corrected chi connectivity index (χ0v) is 7.49. The first-order valence-corrected chi connectivity index (χ1v) is 4.02. The Bertz CT molecular complexity index is 571. The summed E-state index contributed by atoms with van der Waals surface area (Å²) in [5, 5.41) is 17.4. The van der Waals surface area contributed by atoms with Crippen LogP contribution in [0.4, 0.5) is 0 Å². The Morgan fingerprint density at radius 1 is 1.13 bits per heavy atom. The summed E-state index contributed by atoms with van der Waals surface area (Å²) in [6, 6.07) is 5.29. The van der Waals surface area contributed by atoms with Crippen molar-refractivity contribution in [3.8, 4) is 18.1 Å². The molecule has 0 atom stereocenters. The molecular weight excluding hydrogens is 192 g/mol. The summed E-state index contributed by atoms with van der Waals surface area (Å²) in [5.41, 5.74) is 0.248. The third kappa shape index (κ3) is 1.52. The molecule has 0 aromatic carbocycles. The third-order valence-corrected chi connectivity index (χ3v) is 1.71. The summed E-state index contributed by atoms with van der Waals surface area (Å²) >= 11 is 0. The van der Waals surface area contributed by atoms with E-state index in [1.165, 1.54) is 23.0 Å². The van der Waals surface area contributed by atoms with Gasteiger partial charge in [0.1, 0.15) is 17.8 Å². The van der Waals surface area contributed by atoms with Crippen LogP contribution in [0.1, 0.15) is 11.5 Å². The van der Waals surface area contributed by atoms with E-state index in [9.17, 15) is 0 Å². The molecule has 70 valence electrons. The van der Waals surface area contributed by atoms with E-state index < -0.39 is 0 Å². The zero-order chi connectivity index (χ0) is 10.7. The molecule has 2 aromatic heterocycles. The van der Waals surface area contributed by atoms with Crippen molar-refractivity contribution in [3.63, 3.8) is 0 Å². The molecule has 2 heterocycles. The van der Waals surface area contributed by atoms with Crippen LogP contribution in [0.25, 0.3) is 5.95 Å². The Balaban J connectivity index is 2.56. The van der Waals surface area contributed by atoms with E-state index in [4.69, 9.17) is 10.5 Å². The quantitative estimate of drug-likeness (QED) is 0.658. The molecule has 6 nitrogen and oxygen atoms in total. The van der Waals surface area contributed by atoms with E-state index in [-0.39, 0.29) is 17.5 Å². The molecule has 2 rings (SSSR count). The summed E-state index contributed by atoms with van der Waals surface area (Å²) in [4.78, 5) is 11.7. The molecule has 2 aromatic rings. The van der Waals surface area contributed by atoms with Gasteiger partial charge in [0, 0.05) is 18.6 Å². The molecule has 6 heteroatoms. The van der Waals surface area contributed by atoms with Crippen molar-refractivity contribution in [1.82, 2.24) is 19.5 Å². The van der Waals surface area contributed by atoms with Gasteiger partial charge in [-0.3, -0.25) is 4.57 Å². The van der Waals surface area contributed by atoms with E-state index in [1.807, 2.05) is 12.1 Å². The van der Waals surface area contributed by atoms with Crippen LogP contribution in [-0.4, -0.2) is 19.5 Å². The van der Waals surface area contributed by atoms with Crippen LogP contribution >= 0.6 is 0 Å². The standard InChI is InChI=1S/C9H4N6/c10-5-7-1-2-13-9(14-7)15-4-3-12-8(15)6-11/h1-4H. The van der Waals surface area contributed by atoms with E-state index in [0.29, 0.717) is 0 Å². The summed E-state index contributed by atoms with van der Waals surface area (Å²) in [6.07, 6.45) is 4.50. The lowest BCUT2D eigenvalue weighted by molar-refractivity contribution is 0.902. The molecule has 0 saturated carbocycles. The van der Waals surface area contributed by atoms with Crippen molar-refractivity contribution in [2.75, 3.05) is 0 Å². The monoisotopic (exact) mass is 196 g/mol. The predicted octanol–water partition coefficient (Wildman–Crippen LogP) is 0.406. The van der Waals surface area contributed by atoms with Gasteiger partial charge < -0.3 is 0 Å². The number of rotatable bonds is 1. The lowest BCUT2D eigenvalue weighted by atomic mass is 10.4. The van der Waals surface area contributed by atoms with Gasteiger partial charge in [0.2, 0.25) is 11.8 Å². The highest BCUT2D eigenvalue weighted by molar-refractivity contribution is 5.27. The molecule has 0 bridgehead atoms. The highest BCUT2D eigenvalue weighted by atomic mass is 15.2. The Labute approximate surface area is 85.1 Å². The second-order valence-corrected chi connectivity index (χ2v) is 2.59. The normalized spacial score (nSPS) is 9.20. The maximum atomic E-state index is 8.74. The Morgan fingerprint density at radius 2 is 2.00 bits per heavy atom. The minimum Gasteiger partial charge on any atom is -0.259 e. The number of aromatic nitrogens is 4. The summed E-state index contributed by atoms with van der Waals surface area (Å²) in [7, 11) is 0. The Hall–Kier alpha value is -2.73. The molecule has 0 aliphatic heterocycles. The average molecular weight is 196 g/mol. The van der Waals surface area contributed by atoms with Crippen LogP contribution in [0, 0.1) is 22.7 Å². The Morgan fingerprint density at radius 3 is 2.73 bits per heavy atom. The maximum absolute atomic E-state index is 8.74. The molecule has 0 saturated heterocycles. The van der Waals surface area contributed by atoms with Crippen molar-refractivity contribution in [3.05, 3.63) is 36.2 Å². The maximum Gasteiger partial charge on any atom is 0.237 e. The van der Waals surface area contributed by atoms with E-state index in [2.05, 4.69) is 15.0 Å². The van der Waals surface area contributed by atoms with Gasteiger partial charge >= 0.3 is 0 Å². The molecule has 0 radical (unpaired) electrons. The van der Waals surface area contributed by atoms with Gasteiger partial charge in [0.25, 0.3) is 0 Å². The van der Waals surface area contributed by atoms with Crippen molar-refractivity contribution in [2.24, 2.45) is 0 Å². The number of imidazole rings is 1. The largest absolute Gasteiger partial charge is 0.259 e. The third-order valence-electron chi connectivity index (χ3n) is 1.71. The van der Waals surface area contributed by atoms with E-state index >= 15 is 0 Å². The fourth-order valence-corrected chi connectivity index (χ4v) is 1.07. The summed E-state index contributed by atoms with van der Waals surface area (Å²) < 4.78 is 1.42. The molecule has 15 heavy (non-hydrogen) atoms. The second kappa shape index (κ2) is 3.56. The Kier molecular flexibility index (Phi) is 2.10. The van der Waals surface area contributed by atoms with Gasteiger partial charge in [-0.15, -0.1) is 0 Å². The van der Waals surface area contributed by atoms with Crippen molar-refractivity contribution in [2.45, 2.75) is 0 Å². The highest BCUT2D eigenvalue weighted by Crippen LogP contribution is 2.04. The van der Waals surface area contributed by atoms with Gasteiger partial charge in [0.05, 0.1) is 0 Å². The highest BCUT2D eigenvalue weighted by Gasteiger charge is 2.06. The first kappa shape index (κ1) is 8.85. The van der Waals surface area contributed by atoms with Crippen LogP contribution < -0.4 is 0 Å². The zero-order valence-electron chi connectivity index (χ0n) is 7.49. The predicted molar refractivity (Wildman–Crippen MR) is 48.6 cm³/mol. The van der Waals surface area contributed by atoms with Gasteiger partial charge in [-0.1, -0.05) is 0 Å². The molecule has 0 unspecified atom stereocenters. The van der Waals surface area contributed by atoms with Gasteiger partial charge in [0.15, 0.2) is 0 Å². The molecule has 0 amide bonds. The minimum absolute atomic E-state index is 0.185. The summed E-state index contributed by atoms with van der Waals surface area (Å²) in [5.74, 6) is 0.452. The van der Waals surface area contributed by atoms with Gasteiger partial charge in [-0.25, -0.2) is 15.0 Å². The minimum atomic E-state index is 0.185. The molecule has 0 aliphatic carbocycles. The SMILES string of the molecule is N#Cc1ccnc(-n2ccnc2C#N)n1. The van der Waals surface area contributed by atoms with Crippen molar-refractivity contribution < 1.29 is 0 Å². The topological polar surface area (TPSA) is 91.2 Å². The first-order valence-electron chi connectivity index (χ1n) is 4.02. The molecule has 0 aliphatic rings. The smallest absolute Gasteiger partial charge is 0.237 e. The molecule has 0 spiro atoms. The van der Waals surface area contributed by atoms with E-state index in [1.54, 1.807) is 6.20 Å². The van der Waals surface area contributed by atoms with Crippen LogP contribution in [0.2, 0.25) is 0 Å². The molecular formula is C9H4N6. The summed E-state index contributed by atoms with van der Waals surface area (Å²) in [6.45, 7) is 0. The lowest BCUT2D eigenvalue weighted by Crippen LogP contribution is -2.03. The van der Waals surface area contributed by atoms with Gasteiger partial charge in [-0.05, 0) is 6.07 Å². The van der Waals surface area contributed by atoms with E-state index in [0.717, 1.165) is 0 Å². The van der Waals surface area contributed by atoms with Crippen LogP contribution in [0.5, 0.6) is 0 Å². The molecule has 0 fully saturated rings. The number of nitrogens with zero attached hydrogens (tertiary/aromatic N) is 6. The lowest BCUT2D eigenvalue weighted by Gasteiger charge is -1.99. The van der Waals surface area contributed by atoms with Gasteiger partial charge in [-0.2, -0.15) is 10.5 Å². The van der Waals surface area contributed by atoms with Crippen LogP contribution in [-0.2, 0) is 0 Å². The van der Waals surface area contributed by atoms with Crippen LogP contribution in [0.15, 0.2) is 24.7 Å². The number of hydrogen-bond donors (Lipinski definition) is 0. The van der Waals surface area contributed by atoms with Crippen molar-refractivity contribution >= 4 is 0 Å². The second-order valence-electron chi connectivity index (χ2n) is 2.59. The fourth-order valence-electron chi connectivity index (χ4n) is 1.07. The first-order chi connectivity index (χ1) is 7.35. The number of nitriles is 2. The van der Waals surface area contributed by atoms with Crippen LogP contribution in [0.3, 0.4) is 0 Å². The van der Waals surface area contributed by atoms with Crippen molar-refractivity contribution in [1.29, 1.82) is 10.5 Å².